The predicted octanol–water partition coefficient (Wildman–Crippen LogP) is 2.94. The molecule has 0 aliphatic heterocycles. The molecule has 1 rings (SSSR count). The largest absolute Gasteiger partial charge is 0.353 e. The van der Waals surface area contributed by atoms with E-state index in [1.165, 1.54) is 0 Å². The summed E-state index contributed by atoms with van der Waals surface area (Å²) in [6, 6.07) is 7.26. The molecule has 19 heavy (non-hydrogen) atoms. The molecule has 0 heterocycles. The highest BCUT2D eigenvalue weighted by molar-refractivity contribution is 9.10. The van der Waals surface area contributed by atoms with Crippen molar-refractivity contribution in [3.8, 4) is 0 Å². The fraction of sp³-hybridized carbons (Fsp3) is 0.429. The van der Waals surface area contributed by atoms with Crippen molar-refractivity contribution in [1.82, 2.24) is 5.32 Å². The maximum atomic E-state index is 12.2. The van der Waals surface area contributed by atoms with Gasteiger partial charge in [0.25, 0.3) is 0 Å². The van der Waals surface area contributed by atoms with Crippen molar-refractivity contribution in [3.05, 3.63) is 28.7 Å². The van der Waals surface area contributed by atoms with Gasteiger partial charge in [-0.25, -0.2) is 0 Å². The molecule has 4 nitrogen and oxygen atoms in total. The van der Waals surface area contributed by atoms with E-state index in [0.29, 0.717) is 5.69 Å². The summed E-state index contributed by atoms with van der Waals surface area (Å²) >= 11 is 3.33. The molecule has 0 unspecified atom stereocenters. The van der Waals surface area contributed by atoms with Crippen molar-refractivity contribution >= 4 is 33.4 Å². The van der Waals surface area contributed by atoms with Gasteiger partial charge >= 0.3 is 0 Å². The fourth-order valence-corrected chi connectivity index (χ4v) is 1.80. The van der Waals surface area contributed by atoms with Crippen molar-refractivity contribution < 1.29 is 9.59 Å². The fourth-order valence-electron chi connectivity index (χ4n) is 1.40. The van der Waals surface area contributed by atoms with Gasteiger partial charge in [0.1, 0.15) is 5.41 Å². The number of carbonyl (C=O) groups excluding carboxylic acids is 2. The van der Waals surface area contributed by atoms with Gasteiger partial charge in [0, 0.05) is 16.2 Å². The number of amides is 2. The molecule has 1 aromatic rings. The van der Waals surface area contributed by atoms with E-state index in [1.54, 1.807) is 26.0 Å². The van der Waals surface area contributed by atoms with E-state index in [9.17, 15) is 9.59 Å². The summed E-state index contributed by atoms with van der Waals surface area (Å²) < 4.78 is 0.870. The van der Waals surface area contributed by atoms with Gasteiger partial charge < -0.3 is 10.6 Å². The van der Waals surface area contributed by atoms with E-state index >= 15 is 0 Å². The number of nitrogens with one attached hydrogen (secondary N) is 2. The van der Waals surface area contributed by atoms with Gasteiger partial charge in [-0.2, -0.15) is 0 Å². The minimum Gasteiger partial charge on any atom is -0.353 e. The second-order valence-electron chi connectivity index (χ2n) is 5.22. The normalized spacial score (nSPS) is 11.3. The Morgan fingerprint density at radius 2 is 1.84 bits per heavy atom. The van der Waals surface area contributed by atoms with Crippen LogP contribution in [0, 0.1) is 5.41 Å². The molecule has 0 aliphatic rings. The Hall–Kier alpha value is -1.36. The lowest BCUT2D eigenvalue weighted by atomic mass is 9.90. The summed E-state index contributed by atoms with van der Waals surface area (Å²) in [6.45, 7) is 6.94. The van der Waals surface area contributed by atoms with Crippen LogP contribution in [0.2, 0.25) is 0 Å². The first-order valence-electron chi connectivity index (χ1n) is 6.11. The molecule has 1 aromatic carbocycles. The van der Waals surface area contributed by atoms with Gasteiger partial charge in [-0.3, -0.25) is 9.59 Å². The molecule has 0 saturated heterocycles. The molecule has 0 spiro atoms. The van der Waals surface area contributed by atoms with Crippen LogP contribution in [0.4, 0.5) is 5.69 Å². The van der Waals surface area contributed by atoms with Crippen molar-refractivity contribution in [1.29, 1.82) is 0 Å². The zero-order valence-electron chi connectivity index (χ0n) is 11.6. The third-order valence-corrected chi connectivity index (χ3v) is 3.13. The molecule has 0 atom stereocenters. The molecule has 0 bridgehead atoms. The molecule has 0 aromatic heterocycles. The Morgan fingerprint density at radius 1 is 1.21 bits per heavy atom. The second kappa shape index (κ2) is 6.19. The maximum absolute atomic E-state index is 12.2. The molecule has 0 saturated carbocycles. The zero-order chi connectivity index (χ0) is 14.6. The van der Waals surface area contributed by atoms with Gasteiger partial charge in [0.15, 0.2) is 0 Å². The Kier molecular flexibility index (Phi) is 5.11. The average Bonchev–Trinajstić information content (AvgIpc) is 2.27. The summed E-state index contributed by atoms with van der Waals surface area (Å²) in [7, 11) is 0. The Labute approximate surface area is 122 Å². The molecular formula is C14H19BrN2O2. The minimum absolute atomic E-state index is 0.00504. The predicted molar refractivity (Wildman–Crippen MR) is 79.8 cm³/mol. The first-order chi connectivity index (χ1) is 8.73. The Bertz CT molecular complexity index is 484. The smallest absolute Gasteiger partial charge is 0.239 e. The minimum atomic E-state index is -1.12. The summed E-state index contributed by atoms with van der Waals surface area (Å²) in [5.41, 5.74) is -0.461. The van der Waals surface area contributed by atoms with Crippen LogP contribution >= 0.6 is 15.9 Å². The Morgan fingerprint density at radius 3 is 2.37 bits per heavy atom. The monoisotopic (exact) mass is 326 g/mol. The molecule has 104 valence electrons. The topological polar surface area (TPSA) is 58.2 Å². The van der Waals surface area contributed by atoms with Gasteiger partial charge in [-0.1, -0.05) is 22.0 Å². The summed E-state index contributed by atoms with van der Waals surface area (Å²) in [5, 5.41) is 5.50. The lowest BCUT2D eigenvalue weighted by Gasteiger charge is -2.24. The van der Waals surface area contributed by atoms with E-state index in [0.717, 1.165) is 4.47 Å². The number of anilines is 1. The summed E-state index contributed by atoms with van der Waals surface area (Å²) in [6.07, 6.45) is 0. The molecule has 5 heteroatoms. The van der Waals surface area contributed by atoms with Crippen LogP contribution in [-0.4, -0.2) is 17.9 Å². The molecule has 0 aliphatic carbocycles. The van der Waals surface area contributed by atoms with Gasteiger partial charge in [0.2, 0.25) is 11.8 Å². The third-order valence-electron chi connectivity index (χ3n) is 2.64. The molecular weight excluding hydrogens is 308 g/mol. The highest BCUT2D eigenvalue weighted by Crippen LogP contribution is 2.21. The molecule has 0 fully saturated rings. The summed E-state index contributed by atoms with van der Waals surface area (Å²) in [5.74, 6) is -0.612. The number of hydrogen-bond donors (Lipinski definition) is 2. The number of rotatable bonds is 4. The first kappa shape index (κ1) is 15.7. The number of halogens is 1. The average molecular weight is 327 g/mol. The number of carbonyl (C=O) groups is 2. The quantitative estimate of drug-likeness (QED) is 0.836. The van der Waals surface area contributed by atoms with Crippen LogP contribution < -0.4 is 10.6 Å². The molecule has 2 amide bonds. The van der Waals surface area contributed by atoms with Crippen molar-refractivity contribution in [3.63, 3.8) is 0 Å². The lowest BCUT2D eigenvalue weighted by Crippen LogP contribution is -2.47. The van der Waals surface area contributed by atoms with Gasteiger partial charge in [-0.15, -0.1) is 0 Å². The molecule has 2 N–H and O–H groups in total. The second-order valence-corrected chi connectivity index (χ2v) is 6.13. The van der Waals surface area contributed by atoms with Crippen molar-refractivity contribution in [2.75, 3.05) is 5.32 Å². The number of hydrogen-bond acceptors (Lipinski definition) is 2. The highest BCUT2D eigenvalue weighted by atomic mass is 79.9. The number of benzene rings is 1. The van der Waals surface area contributed by atoms with E-state index in [1.807, 2.05) is 26.0 Å². The SMILES string of the molecule is CC(C)NC(=O)C(C)(C)C(=O)Nc1cccc(Br)c1. The molecule has 0 radical (unpaired) electrons. The Balaban J connectivity index is 2.79. The highest BCUT2D eigenvalue weighted by Gasteiger charge is 2.36. The van der Waals surface area contributed by atoms with Crippen LogP contribution in [0.3, 0.4) is 0 Å². The van der Waals surface area contributed by atoms with Crippen LogP contribution in [0.1, 0.15) is 27.7 Å². The van der Waals surface area contributed by atoms with E-state index in [-0.39, 0.29) is 17.9 Å². The van der Waals surface area contributed by atoms with E-state index in [4.69, 9.17) is 0 Å². The van der Waals surface area contributed by atoms with E-state index < -0.39 is 5.41 Å². The van der Waals surface area contributed by atoms with Crippen LogP contribution in [0.5, 0.6) is 0 Å². The summed E-state index contributed by atoms with van der Waals surface area (Å²) in [4.78, 5) is 24.2. The first-order valence-corrected chi connectivity index (χ1v) is 6.90. The maximum Gasteiger partial charge on any atom is 0.239 e. The van der Waals surface area contributed by atoms with Crippen LogP contribution in [0.25, 0.3) is 0 Å². The third kappa shape index (κ3) is 4.35. The lowest BCUT2D eigenvalue weighted by molar-refractivity contribution is -0.138. The van der Waals surface area contributed by atoms with Crippen LogP contribution in [0.15, 0.2) is 28.7 Å². The van der Waals surface area contributed by atoms with Gasteiger partial charge in [-0.05, 0) is 45.9 Å². The van der Waals surface area contributed by atoms with Crippen molar-refractivity contribution in [2.45, 2.75) is 33.7 Å². The van der Waals surface area contributed by atoms with Crippen LogP contribution in [-0.2, 0) is 9.59 Å². The standard InChI is InChI=1S/C14H19BrN2O2/c1-9(2)16-12(18)14(3,4)13(19)17-11-7-5-6-10(15)8-11/h5-9H,1-4H3,(H,16,18)(H,17,19). The van der Waals surface area contributed by atoms with Crippen molar-refractivity contribution in [2.24, 2.45) is 5.41 Å². The zero-order valence-corrected chi connectivity index (χ0v) is 13.2. The van der Waals surface area contributed by atoms with Gasteiger partial charge in [0.05, 0.1) is 0 Å². The van der Waals surface area contributed by atoms with E-state index in [2.05, 4.69) is 26.6 Å².